The quantitative estimate of drug-likeness (QED) is 0.482. The molecule has 0 unspecified atom stereocenters. The van der Waals surface area contributed by atoms with E-state index in [-0.39, 0.29) is 11.5 Å². The molecule has 1 N–H and O–H groups in total. The van der Waals surface area contributed by atoms with Crippen LogP contribution in [0.15, 0.2) is 63.0 Å². The number of aromatic amines is 1. The number of para-hydroxylation sites is 1. The minimum Gasteiger partial charge on any atom is -0.291 e. The van der Waals surface area contributed by atoms with Gasteiger partial charge in [-0.3, -0.25) is 14.6 Å². The third-order valence-corrected chi connectivity index (χ3v) is 6.00. The van der Waals surface area contributed by atoms with E-state index in [1.165, 1.54) is 11.8 Å². The molecule has 8 heteroatoms. The Balaban J connectivity index is 2.12. The van der Waals surface area contributed by atoms with Crippen LogP contribution in [0, 0.1) is 0 Å². The van der Waals surface area contributed by atoms with E-state index in [0.717, 1.165) is 10.0 Å². The molecule has 1 atom stereocenters. The minimum absolute atomic E-state index is 0.0425. The Morgan fingerprint density at radius 3 is 2.68 bits per heavy atom. The van der Waals surface area contributed by atoms with Gasteiger partial charge in [-0.15, -0.1) is 0 Å². The Kier molecular flexibility index (Phi) is 5.07. The molecule has 1 aliphatic rings. The smallest absolute Gasteiger partial charge is 0.291 e. The maximum atomic E-state index is 13.1. The molecule has 0 spiro atoms. The van der Waals surface area contributed by atoms with Crippen LogP contribution in [0.25, 0.3) is 11.3 Å². The molecule has 0 radical (unpaired) electrons. The molecule has 1 aliphatic heterocycles. The molecule has 1 amide bonds. The SMILES string of the molecule is CCC(=O)N1c2ccccc2-c2c(=O)[nH]c(SC)n[n+]2[C@H]1c1ccccc1Br. The number of thioether (sulfide) groups is 1. The Morgan fingerprint density at radius 2 is 1.96 bits per heavy atom. The molecule has 0 bridgehead atoms. The second kappa shape index (κ2) is 7.52. The van der Waals surface area contributed by atoms with Gasteiger partial charge in [0.1, 0.15) is 0 Å². The summed E-state index contributed by atoms with van der Waals surface area (Å²) in [6.45, 7) is 1.83. The molecule has 2 heterocycles. The summed E-state index contributed by atoms with van der Waals surface area (Å²) in [6, 6.07) is 15.2. The van der Waals surface area contributed by atoms with Gasteiger partial charge in [-0.2, -0.15) is 0 Å². The highest BCUT2D eigenvalue weighted by Crippen LogP contribution is 2.39. The highest BCUT2D eigenvalue weighted by molar-refractivity contribution is 9.10. The highest BCUT2D eigenvalue weighted by Gasteiger charge is 2.45. The van der Waals surface area contributed by atoms with E-state index in [4.69, 9.17) is 0 Å². The maximum Gasteiger partial charge on any atom is 0.325 e. The van der Waals surface area contributed by atoms with Crippen LogP contribution in [-0.4, -0.2) is 22.2 Å². The van der Waals surface area contributed by atoms with Crippen LogP contribution in [0.1, 0.15) is 25.1 Å². The molecular formula is C20H18BrN4O2S+. The molecule has 1 aromatic heterocycles. The van der Waals surface area contributed by atoms with Crippen LogP contribution in [0.5, 0.6) is 0 Å². The molecule has 4 rings (SSSR count). The molecule has 0 aliphatic carbocycles. The molecule has 0 saturated carbocycles. The monoisotopic (exact) mass is 457 g/mol. The van der Waals surface area contributed by atoms with E-state index < -0.39 is 6.17 Å². The number of nitrogens with zero attached hydrogens (tertiary/aromatic N) is 3. The number of benzene rings is 2. The summed E-state index contributed by atoms with van der Waals surface area (Å²) in [7, 11) is 0. The number of nitrogens with one attached hydrogen (secondary N) is 1. The summed E-state index contributed by atoms with van der Waals surface area (Å²) in [4.78, 5) is 30.6. The average Bonchev–Trinajstić information content (AvgIpc) is 2.72. The van der Waals surface area contributed by atoms with Crippen LogP contribution < -0.4 is 15.1 Å². The summed E-state index contributed by atoms with van der Waals surface area (Å²) >= 11 is 4.96. The van der Waals surface area contributed by atoms with Crippen LogP contribution in [0.2, 0.25) is 0 Å². The number of anilines is 1. The van der Waals surface area contributed by atoms with Crippen molar-refractivity contribution >= 4 is 39.3 Å². The zero-order valence-corrected chi connectivity index (χ0v) is 17.8. The van der Waals surface area contributed by atoms with Crippen LogP contribution in [0.3, 0.4) is 0 Å². The first kappa shape index (κ1) is 18.9. The van der Waals surface area contributed by atoms with Gasteiger partial charge in [0, 0.05) is 16.0 Å². The number of hydrogen-bond acceptors (Lipinski definition) is 4. The zero-order valence-electron chi connectivity index (χ0n) is 15.3. The summed E-state index contributed by atoms with van der Waals surface area (Å²) < 4.78 is 2.51. The first-order valence-electron chi connectivity index (χ1n) is 8.82. The van der Waals surface area contributed by atoms with Crippen molar-refractivity contribution in [1.82, 2.24) is 10.1 Å². The summed E-state index contributed by atoms with van der Waals surface area (Å²) in [5.41, 5.74) is 2.46. The molecule has 2 aromatic carbocycles. The summed E-state index contributed by atoms with van der Waals surface area (Å²) in [6.07, 6.45) is 1.62. The van der Waals surface area contributed by atoms with Crippen molar-refractivity contribution in [2.45, 2.75) is 24.7 Å². The number of fused-ring (bicyclic) bond motifs is 3. The number of carbonyl (C=O) groups excluding carboxylic acids is 1. The Morgan fingerprint density at radius 1 is 1.25 bits per heavy atom. The fraction of sp³-hybridized carbons (Fsp3) is 0.200. The van der Waals surface area contributed by atoms with E-state index in [1.807, 2.05) is 61.7 Å². The predicted octanol–water partition coefficient (Wildman–Crippen LogP) is 3.51. The standard InChI is InChI=1S/C20H17BrN4O2S/c1-3-16(26)24-15-11-7-5-9-13(15)17-18(27)22-20(28-2)23-25(17)19(24)12-8-4-6-10-14(12)21/h4-11,19H,3H2,1-2H3/p+1/t19-/m0/s1. The number of rotatable bonds is 3. The van der Waals surface area contributed by atoms with Crippen molar-refractivity contribution in [3.63, 3.8) is 0 Å². The van der Waals surface area contributed by atoms with Gasteiger partial charge in [0.05, 0.1) is 16.8 Å². The van der Waals surface area contributed by atoms with Gasteiger partial charge in [0.15, 0.2) is 0 Å². The number of aromatic nitrogens is 3. The molecule has 3 aromatic rings. The molecule has 0 fully saturated rings. The Hall–Kier alpha value is -2.45. The van der Waals surface area contributed by atoms with Gasteiger partial charge in [0.2, 0.25) is 11.1 Å². The zero-order chi connectivity index (χ0) is 19.8. The third-order valence-electron chi connectivity index (χ3n) is 4.71. The normalized spacial score (nSPS) is 15.1. The van der Waals surface area contributed by atoms with E-state index in [9.17, 15) is 9.59 Å². The molecule has 0 saturated heterocycles. The van der Waals surface area contributed by atoms with Crippen molar-refractivity contribution < 1.29 is 9.48 Å². The van der Waals surface area contributed by atoms with Gasteiger partial charge in [-0.25, -0.2) is 4.90 Å². The number of amides is 1. The lowest BCUT2D eigenvalue weighted by Crippen LogP contribution is -2.61. The number of H-pyrrole nitrogens is 1. The maximum absolute atomic E-state index is 13.1. The van der Waals surface area contributed by atoms with Gasteiger partial charge in [0.25, 0.3) is 6.17 Å². The summed E-state index contributed by atoms with van der Waals surface area (Å²) in [5, 5.41) is 5.16. The molecular weight excluding hydrogens is 440 g/mol. The predicted molar refractivity (Wildman–Crippen MR) is 112 cm³/mol. The van der Waals surface area contributed by atoms with Crippen LogP contribution in [-0.2, 0) is 4.79 Å². The van der Waals surface area contributed by atoms with Crippen molar-refractivity contribution in [3.05, 3.63) is 68.9 Å². The average molecular weight is 458 g/mol. The second-order valence-electron chi connectivity index (χ2n) is 6.29. The first-order valence-corrected chi connectivity index (χ1v) is 10.8. The highest BCUT2D eigenvalue weighted by atomic mass is 79.9. The minimum atomic E-state index is -0.568. The largest absolute Gasteiger partial charge is 0.325 e. The van der Waals surface area contributed by atoms with E-state index in [0.29, 0.717) is 28.5 Å². The van der Waals surface area contributed by atoms with E-state index in [2.05, 4.69) is 26.0 Å². The fourth-order valence-electron chi connectivity index (χ4n) is 3.47. The van der Waals surface area contributed by atoms with E-state index in [1.54, 1.807) is 9.58 Å². The van der Waals surface area contributed by atoms with Gasteiger partial charge in [-0.05, 0) is 35.2 Å². The van der Waals surface area contributed by atoms with E-state index >= 15 is 0 Å². The second-order valence-corrected chi connectivity index (χ2v) is 7.94. The lowest BCUT2D eigenvalue weighted by Gasteiger charge is -2.32. The van der Waals surface area contributed by atoms with Crippen molar-refractivity contribution in [2.75, 3.05) is 11.2 Å². The lowest BCUT2D eigenvalue weighted by atomic mass is 10.0. The Labute approximate surface area is 174 Å². The number of halogens is 1. The number of hydrogen-bond donors (Lipinski definition) is 1. The molecule has 142 valence electrons. The topological polar surface area (TPSA) is 69.9 Å². The van der Waals surface area contributed by atoms with Crippen molar-refractivity contribution in [2.24, 2.45) is 0 Å². The third kappa shape index (κ3) is 2.97. The fourth-order valence-corrected chi connectivity index (χ4v) is 4.32. The first-order chi connectivity index (χ1) is 13.6. The molecule has 6 nitrogen and oxygen atoms in total. The lowest BCUT2D eigenvalue weighted by molar-refractivity contribution is -0.763. The van der Waals surface area contributed by atoms with Crippen LogP contribution in [0.4, 0.5) is 5.69 Å². The van der Waals surface area contributed by atoms with Gasteiger partial charge in [-0.1, -0.05) is 58.9 Å². The Bertz CT molecular complexity index is 1130. The number of carbonyl (C=O) groups is 1. The molecule has 28 heavy (non-hydrogen) atoms. The van der Waals surface area contributed by atoms with Crippen molar-refractivity contribution in [1.29, 1.82) is 0 Å². The van der Waals surface area contributed by atoms with Crippen LogP contribution >= 0.6 is 27.7 Å². The van der Waals surface area contributed by atoms with Gasteiger partial charge >= 0.3 is 11.3 Å². The summed E-state index contributed by atoms with van der Waals surface area (Å²) in [5.74, 6) is -0.0425. The van der Waals surface area contributed by atoms with Crippen molar-refractivity contribution in [3.8, 4) is 11.3 Å². The van der Waals surface area contributed by atoms with Gasteiger partial charge < -0.3 is 0 Å².